The van der Waals surface area contributed by atoms with E-state index in [1.54, 1.807) is 13.3 Å². The van der Waals surface area contributed by atoms with Crippen molar-refractivity contribution in [1.82, 2.24) is 15.2 Å². The molecule has 3 rings (SSSR count). The highest BCUT2D eigenvalue weighted by atomic mass is 16.5. The second-order valence-corrected chi connectivity index (χ2v) is 6.40. The number of hydrogen-bond donors (Lipinski definition) is 2. The first-order valence-corrected chi connectivity index (χ1v) is 8.53. The van der Waals surface area contributed by atoms with Crippen LogP contribution in [0.25, 0.3) is 0 Å². The fourth-order valence-corrected chi connectivity index (χ4v) is 2.55. The van der Waals surface area contributed by atoms with Crippen LogP contribution in [0.3, 0.4) is 0 Å². The van der Waals surface area contributed by atoms with Crippen LogP contribution in [-0.4, -0.2) is 22.3 Å². The van der Waals surface area contributed by atoms with Crippen LogP contribution in [0, 0.1) is 6.92 Å². The highest BCUT2D eigenvalue weighted by molar-refractivity contribution is 5.65. The first kappa shape index (κ1) is 17.7. The van der Waals surface area contributed by atoms with Crippen molar-refractivity contribution in [2.24, 2.45) is 0 Å². The molecule has 0 aliphatic rings. The predicted octanol–water partition coefficient (Wildman–Crippen LogP) is 4.80. The smallest absolute Gasteiger partial charge is 0.249 e. The van der Waals surface area contributed by atoms with E-state index in [0.717, 1.165) is 22.7 Å². The Kier molecular flexibility index (Phi) is 5.31. The van der Waals surface area contributed by atoms with Gasteiger partial charge in [0.1, 0.15) is 5.75 Å². The maximum Gasteiger partial charge on any atom is 0.249 e. The fourth-order valence-electron chi connectivity index (χ4n) is 2.55. The molecular formula is C20H23N5O. The van der Waals surface area contributed by atoms with Gasteiger partial charge in [-0.05, 0) is 48.2 Å². The van der Waals surface area contributed by atoms with Crippen LogP contribution in [0.2, 0.25) is 0 Å². The number of anilines is 4. The molecule has 3 aromatic rings. The molecule has 0 unspecified atom stereocenters. The summed E-state index contributed by atoms with van der Waals surface area (Å²) in [6.45, 7) is 6.37. The number of aryl methyl sites for hydroxylation is 1. The number of rotatable bonds is 6. The molecule has 2 aromatic carbocycles. The first-order chi connectivity index (χ1) is 12.5. The first-order valence-electron chi connectivity index (χ1n) is 8.53. The summed E-state index contributed by atoms with van der Waals surface area (Å²) in [5.41, 5.74) is 4.16. The Bertz CT molecular complexity index is 878. The molecule has 0 fully saturated rings. The number of nitrogens with zero attached hydrogens (tertiary/aromatic N) is 3. The summed E-state index contributed by atoms with van der Waals surface area (Å²) in [5.74, 6) is 2.26. The number of aromatic nitrogens is 3. The SMILES string of the molecule is COc1ccc(C)cc1Nc1cnnc(Nc2ccc(C(C)C)cc2)n1. The molecule has 0 bridgehead atoms. The summed E-state index contributed by atoms with van der Waals surface area (Å²) in [4.78, 5) is 4.47. The van der Waals surface area contributed by atoms with Crippen molar-refractivity contribution in [2.75, 3.05) is 17.7 Å². The zero-order valence-electron chi connectivity index (χ0n) is 15.4. The van der Waals surface area contributed by atoms with Crippen molar-refractivity contribution in [2.45, 2.75) is 26.7 Å². The lowest BCUT2D eigenvalue weighted by Crippen LogP contribution is -2.03. The summed E-state index contributed by atoms with van der Waals surface area (Å²) >= 11 is 0. The van der Waals surface area contributed by atoms with Crippen molar-refractivity contribution in [1.29, 1.82) is 0 Å². The van der Waals surface area contributed by atoms with Crippen LogP contribution in [0.4, 0.5) is 23.1 Å². The monoisotopic (exact) mass is 349 g/mol. The van der Waals surface area contributed by atoms with E-state index >= 15 is 0 Å². The molecule has 0 atom stereocenters. The molecule has 0 saturated heterocycles. The minimum atomic E-state index is 0.430. The van der Waals surface area contributed by atoms with Gasteiger partial charge in [0.25, 0.3) is 0 Å². The van der Waals surface area contributed by atoms with Crippen molar-refractivity contribution in [3.05, 3.63) is 59.8 Å². The molecule has 0 aliphatic heterocycles. The standard InChI is InChI=1S/C20H23N5O/c1-13(2)15-6-8-16(9-7-15)22-20-24-19(12-21-25-20)23-17-11-14(3)5-10-18(17)26-4/h5-13H,1-4H3,(H2,22,23,24,25). The van der Waals surface area contributed by atoms with E-state index in [2.05, 4.69) is 51.8 Å². The number of methoxy groups -OCH3 is 1. The lowest BCUT2D eigenvalue weighted by Gasteiger charge is -2.12. The van der Waals surface area contributed by atoms with Crippen LogP contribution in [0.15, 0.2) is 48.7 Å². The van der Waals surface area contributed by atoms with Gasteiger partial charge in [-0.2, -0.15) is 10.1 Å². The van der Waals surface area contributed by atoms with Crippen LogP contribution in [0.1, 0.15) is 30.9 Å². The summed E-state index contributed by atoms with van der Waals surface area (Å²) in [6.07, 6.45) is 1.58. The Morgan fingerprint density at radius 1 is 1.00 bits per heavy atom. The highest BCUT2D eigenvalue weighted by Gasteiger charge is 2.07. The van der Waals surface area contributed by atoms with Crippen LogP contribution in [-0.2, 0) is 0 Å². The third kappa shape index (κ3) is 4.27. The van der Waals surface area contributed by atoms with Crippen molar-refractivity contribution >= 4 is 23.1 Å². The summed E-state index contributed by atoms with van der Waals surface area (Å²) in [6, 6.07) is 14.1. The van der Waals surface area contributed by atoms with E-state index in [1.165, 1.54) is 5.56 Å². The molecule has 0 spiro atoms. The van der Waals surface area contributed by atoms with Crippen molar-refractivity contribution in [3.63, 3.8) is 0 Å². The van der Waals surface area contributed by atoms with Gasteiger partial charge in [-0.15, -0.1) is 5.10 Å². The third-order valence-electron chi connectivity index (χ3n) is 4.01. The van der Waals surface area contributed by atoms with Gasteiger partial charge >= 0.3 is 0 Å². The number of ether oxygens (including phenoxy) is 1. The lowest BCUT2D eigenvalue weighted by molar-refractivity contribution is 0.416. The predicted molar refractivity (Wildman–Crippen MR) is 105 cm³/mol. The van der Waals surface area contributed by atoms with E-state index in [9.17, 15) is 0 Å². The van der Waals surface area contributed by atoms with E-state index in [4.69, 9.17) is 4.74 Å². The Labute approximate surface area is 153 Å². The van der Waals surface area contributed by atoms with Crippen molar-refractivity contribution in [3.8, 4) is 5.75 Å². The number of nitrogens with one attached hydrogen (secondary N) is 2. The molecule has 1 heterocycles. The third-order valence-corrected chi connectivity index (χ3v) is 4.01. The Hall–Kier alpha value is -3.15. The topological polar surface area (TPSA) is 72.0 Å². The molecule has 134 valence electrons. The quantitative estimate of drug-likeness (QED) is 0.666. The second-order valence-electron chi connectivity index (χ2n) is 6.40. The average molecular weight is 349 g/mol. The van der Waals surface area contributed by atoms with E-state index in [0.29, 0.717) is 17.7 Å². The van der Waals surface area contributed by atoms with Gasteiger partial charge in [0.2, 0.25) is 5.95 Å². The number of hydrogen-bond acceptors (Lipinski definition) is 6. The highest BCUT2D eigenvalue weighted by Crippen LogP contribution is 2.28. The zero-order chi connectivity index (χ0) is 18.5. The second kappa shape index (κ2) is 7.82. The van der Waals surface area contributed by atoms with Crippen LogP contribution < -0.4 is 15.4 Å². The zero-order valence-corrected chi connectivity index (χ0v) is 15.4. The molecule has 6 nitrogen and oxygen atoms in total. The van der Waals surface area contributed by atoms with E-state index < -0.39 is 0 Å². The molecular weight excluding hydrogens is 326 g/mol. The van der Waals surface area contributed by atoms with E-state index in [-0.39, 0.29) is 0 Å². The van der Waals surface area contributed by atoms with Gasteiger partial charge in [0, 0.05) is 5.69 Å². The molecule has 1 aromatic heterocycles. The summed E-state index contributed by atoms with van der Waals surface area (Å²) < 4.78 is 5.39. The van der Waals surface area contributed by atoms with Crippen LogP contribution >= 0.6 is 0 Å². The molecule has 6 heteroatoms. The van der Waals surface area contributed by atoms with Gasteiger partial charge in [-0.25, -0.2) is 0 Å². The summed E-state index contributed by atoms with van der Waals surface area (Å²) in [7, 11) is 1.64. The maximum atomic E-state index is 5.39. The maximum absolute atomic E-state index is 5.39. The van der Waals surface area contributed by atoms with Crippen molar-refractivity contribution < 1.29 is 4.74 Å². The molecule has 0 saturated carbocycles. The molecule has 0 aliphatic carbocycles. The van der Waals surface area contributed by atoms with Gasteiger partial charge < -0.3 is 15.4 Å². The Morgan fingerprint density at radius 3 is 2.46 bits per heavy atom. The van der Waals surface area contributed by atoms with Gasteiger partial charge in [-0.3, -0.25) is 0 Å². The molecule has 0 amide bonds. The van der Waals surface area contributed by atoms with Gasteiger partial charge in [0.05, 0.1) is 19.0 Å². The fraction of sp³-hybridized carbons (Fsp3) is 0.250. The van der Waals surface area contributed by atoms with Gasteiger partial charge in [-0.1, -0.05) is 32.0 Å². The minimum Gasteiger partial charge on any atom is -0.495 e. The Balaban J connectivity index is 1.77. The molecule has 26 heavy (non-hydrogen) atoms. The lowest BCUT2D eigenvalue weighted by atomic mass is 10.0. The molecule has 2 N–H and O–H groups in total. The average Bonchev–Trinajstić information content (AvgIpc) is 2.63. The normalized spacial score (nSPS) is 10.7. The van der Waals surface area contributed by atoms with Gasteiger partial charge in [0.15, 0.2) is 5.82 Å². The number of benzene rings is 2. The summed E-state index contributed by atoms with van der Waals surface area (Å²) in [5, 5.41) is 14.5. The largest absolute Gasteiger partial charge is 0.495 e. The van der Waals surface area contributed by atoms with Crippen LogP contribution in [0.5, 0.6) is 5.75 Å². The van der Waals surface area contributed by atoms with E-state index in [1.807, 2.05) is 37.3 Å². The molecule has 0 radical (unpaired) electrons. The Morgan fingerprint density at radius 2 is 1.77 bits per heavy atom. The minimum absolute atomic E-state index is 0.430.